The number of carbonyl (C=O) groups is 2. The van der Waals surface area contributed by atoms with Crippen LogP contribution in [0.25, 0.3) is 6.08 Å². The van der Waals surface area contributed by atoms with Gasteiger partial charge in [0.1, 0.15) is 0 Å². The Hall–Kier alpha value is -2.86. The first-order chi connectivity index (χ1) is 13.3. The van der Waals surface area contributed by atoms with Crippen LogP contribution in [0.5, 0.6) is 0 Å². The molecular weight excluding hydrogens is 378 g/mol. The van der Waals surface area contributed by atoms with Crippen LogP contribution in [0.2, 0.25) is 5.02 Å². The largest absolute Gasteiger partial charge is 0.449 e. The van der Waals surface area contributed by atoms with E-state index in [0.717, 1.165) is 22.5 Å². The molecule has 7 heteroatoms. The minimum Gasteiger partial charge on any atom is -0.449 e. The number of nitrogens with zero attached hydrogens (tertiary/aromatic N) is 2. The molecule has 2 aromatic rings. The van der Waals surface area contributed by atoms with Crippen molar-refractivity contribution < 1.29 is 14.3 Å². The fourth-order valence-corrected chi connectivity index (χ4v) is 2.82. The molecule has 1 aromatic heterocycles. The van der Waals surface area contributed by atoms with Gasteiger partial charge in [-0.15, -0.1) is 6.58 Å². The first-order valence-electron chi connectivity index (χ1n) is 8.88. The quantitative estimate of drug-likeness (QED) is 0.417. The summed E-state index contributed by atoms with van der Waals surface area (Å²) in [6.45, 7) is 9.68. The smallest absolute Gasteiger partial charge is 0.331 e. The summed E-state index contributed by atoms with van der Waals surface area (Å²) in [5.74, 6) is -0.972. The highest BCUT2D eigenvalue weighted by Crippen LogP contribution is 2.20. The lowest BCUT2D eigenvalue weighted by atomic mass is 10.1. The normalized spacial score (nSPS) is 12.0. The number of hydrogen-bond donors (Lipinski definition) is 1. The van der Waals surface area contributed by atoms with E-state index in [0.29, 0.717) is 18.1 Å². The van der Waals surface area contributed by atoms with Crippen molar-refractivity contribution >= 4 is 29.6 Å². The zero-order valence-corrected chi connectivity index (χ0v) is 17.0. The number of rotatable bonds is 8. The zero-order chi connectivity index (χ0) is 20.7. The van der Waals surface area contributed by atoms with Crippen molar-refractivity contribution in [1.82, 2.24) is 15.1 Å². The highest BCUT2D eigenvalue weighted by molar-refractivity contribution is 6.31. The second kappa shape index (κ2) is 9.90. The number of esters is 1. The van der Waals surface area contributed by atoms with Crippen molar-refractivity contribution in [1.29, 1.82) is 0 Å². The Morgan fingerprint density at radius 2 is 2.07 bits per heavy atom. The molecule has 0 aliphatic rings. The van der Waals surface area contributed by atoms with Gasteiger partial charge in [0.2, 0.25) is 0 Å². The average molecular weight is 402 g/mol. The van der Waals surface area contributed by atoms with Crippen LogP contribution < -0.4 is 5.32 Å². The van der Waals surface area contributed by atoms with Gasteiger partial charge >= 0.3 is 5.97 Å². The van der Waals surface area contributed by atoms with E-state index in [1.54, 1.807) is 12.2 Å². The fraction of sp³-hybridized carbons (Fsp3) is 0.286. The first kappa shape index (κ1) is 21.4. The molecule has 0 bridgehead atoms. The Kier molecular flexibility index (Phi) is 7.58. The molecule has 0 aliphatic heterocycles. The molecule has 0 unspecified atom stereocenters. The molecule has 0 aliphatic carbocycles. The Morgan fingerprint density at radius 1 is 1.36 bits per heavy atom. The van der Waals surface area contributed by atoms with Crippen molar-refractivity contribution in [2.45, 2.75) is 33.4 Å². The molecule has 0 spiro atoms. The van der Waals surface area contributed by atoms with Crippen molar-refractivity contribution in [2.75, 3.05) is 6.54 Å². The van der Waals surface area contributed by atoms with Crippen LogP contribution in [0.4, 0.5) is 0 Å². The number of aromatic nitrogens is 2. The third-order valence-corrected chi connectivity index (χ3v) is 4.55. The van der Waals surface area contributed by atoms with E-state index in [-0.39, 0.29) is 5.91 Å². The number of nitrogens with one attached hydrogen (secondary N) is 1. The lowest BCUT2D eigenvalue weighted by Crippen LogP contribution is -2.35. The highest BCUT2D eigenvalue weighted by atomic mass is 35.5. The summed E-state index contributed by atoms with van der Waals surface area (Å²) in [5.41, 5.74) is 3.47. The van der Waals surface area contributed by atoms with E-state index < -0.39 is 12.1 Å². The minimum absolute atomic E-state index is 0.319. The molecule has 0 fully saturated rings. The monoisotopic (exact) mass is 401 g/mol. The highest BCUT2D eigenvalue weighted by Gasteiger charge is 2.16. The van der Waals surface area contributed by atoms with Gasteiger partial charge in [0.25, 0.3) is 5.91 Å². The predicted molar refractivity (Wildman–Crippen MR) is 110 cm³/mol. The maximum atomic E-state index is 12.0. The number of halogens is 1. The number of amides is 1. The van der Waals surface area contributed by atoms with E-state index in [9.17, 15) is 9.59 Å². The van der Waals surface area contributed by atoms with E-state index in [2.05, 4.69) is 17.0 Å². The van der Waals surface area contributed by atoms with Gasteiger partial charge in [-0.05, 0) is 38.5 Å². The summed E-state index contributed by atoms with van der Waals surface area (Å²) < 4.78 is 6.95. The summed E-state index contributed by atoms with van der Waals surface area (Å²) in [5, 5.41) is 7.79. The first-order valence-corrected chi connectivity index (χ1v) is 9.26. The SMILES string of the molecule is C=CCNC(=O)[C@@H](C)OC(=O)/C=C/c1c(C)nn(Cc2ccccc2Cl)c1C. The average Bonchev–Trinajstić information content (AvgIpc) is 2.92. The van der Waals surface area contributed by atoms with Gasteiger partial charge in [-0.3, -0.25) is 9.48 Å². The summed E-state index contributed by atoms with van der Waals surface area (Å²) in [7, 11) is 0. The van der Waals surface area contributed by atoms with Crippen LogP contribution in [0.15, 0.2) is 43.0 Å². The van der Waals surface area contributed by atoms with E-state index in [1.807, 2.05) is 42.8 Å². The van der Waals surface area contributed by atoms with Crippen LogP contribution in [0.1, 0.15) is 29.4 Å². The zero-order valence-electron chi connectivity index (χ0n) is 16.2. The van der Waals surface area contributed by atoms with Crippen molar-refractivity contribution in [3.63, 3.8) is 0 Å². The third kappa shape index (κ3) is 5.57. The van der Waals surface area contributed by atoms with Crippen LogP contribution in [0, 0.1) is 13.8 Å². The maximum absolute atomic E-state index is 12.0. The van der Waals surface area contributed by atoms with E-state index in [1.165, 1.54) is 13.0 Å². The van der Waals surface area contributed by atoms with E-state index >= 15 is 0 Å². The third-order valence-electron chi connectivity index (χ3n) is 4.18. The number of aryl methyl sites for hydroxylation is 1. The van der Waals surface area contributed by atoms with Gasteiger partial charge in [0.05, 0.1) is 12.2 Å². The van der Waals surface area contributed by atoms with Gasteiger partial charge in [0, 0.05) is 28.9 Å². The van der Waals surface area contributed by atoms with Gasteiger partial charge in [0.15, 0.2) is 6.10 Å². The summed E-state index contributed by atoms with van der Waals surface area (Å²) >= 11 is 6.23. The van der Waals surface area contributed by atoms with Crippen LogP contribution in [-0.2, 0) is 20.9 Å². The summed E-state index contributed by atoms with van der Waals surface area (Å²) in [4.78, 5) is 23.8. The molecule has 6 nitrogen and oxygen atoms in total. The molecule has 1 amide bonds. The molecular formula is C21H24ClN3O3. The molecule has 28 heavy (non-hydrogen) atoms. The molecule has 0 radical (unpaired) electrons. The Labute approximate surface area is 169 Å². The number of ether oxygens (including phenoxy) is 1. The van der Waals surface area contributed by atoms with Crippen LogP contribution >= 0.6 is 11.6 Å². The van der Waals surface area contributed by atoms with Gasteiger partial charge in [-0.25, -0.2) is 4.79 Å². The van der Waals surface area contributed by atoms with Crippen molar-refractivity contribution in [3.8, 4) is 0 Å². The standard InChI is InChI=1S/C21H24ClN3O3/c1-5-12-23-21(27)16(4)28-20(26)11-10-18-14(2)24-25(15(18)3)13-17-8-6-7-9-19(17)22/h5-11,16H,1,12-13H2,2-4H3,(H,23,27)/b11-10+/t16-/m1/s1. The lowest BCUT2D eigenvalue weighted by Gasteiger charge is -2.11. The van der Waals surface area contributed by atoms with E-state index in [4.69, 9.17) is 16.3 Å². The molecule has 1 aromatic carbocycles. The van der Waals surface area contributed by atoms with Crippen molar-refractivity contribution in [2.24, 2.45) is 0 Å². The number of hydrogen-bond acceptors (Lipinski definition) is 4. The summed E-state index contributed by atoms with van der Waals surface area (Å²) in [6, 6.07) is 7.60. The van der Waals surface area contributed by atoms with Crippen LogP contribution in [-0.4, -0.2) is 34.3 Å². The number of carbonyl (C=O) groups excluding carboxylic acids is 2. The van der Waals surface area contributed by atoms with Gasteiger partial charge < -0.3 is 10.1 Å². The minimum atomic E-state index is -0.887. The number of benzene rings is 1. The Morgan fingerprint density at radius 3 is 2.75 bits per heavy atom. The topological polar surface area (TPSA) is 73.2 Å². The molecule has 2 rings (SSSR count). The Bertz CT molecular complexity index is 902. The second-order valence-electron chi connectivity index (χ2n) is 6.28. The molecule has 0 saturated heterocycles. The maximum Gasteiger partial charge on any atom is 0.331 e. The summed E-state index contributed by atoms with van der Waals surface area (Å²) in [6.07, 6.45) is 3.62. The molecule has 1 atom stereocenters. The molecule has 1 N–H and O–H groups in total. The molecule has 148 valence electrons. The lowest BCUT2D eigenvalue weighted by molar-refractivity contribution is -0.150. The van der Waals surface area contributed by atoms with Crippen molar-refractivity contribution in [3.05, 3.63) is 70.5 Å². The Balaban J connectivity index is 2.06. The fourth-order valence-electron chi connectivity index (χ4n) is 2.63. The predicted octanol–water partition coefficient (Wildman–Crippen LogP) is 3.45. The second-order valence-corrected chi connectivity index (χ2v) is 6.69. The molecule has 0 saturated carbocycles. The van der Waals surface area contributed by atoms with Gasteiger partial charge in [-0.2, -0.15) is 5.10 Å². The van der Waals surface area contributed by atoms with Crippen LogP contribution in [0.3, 0.4) is 0 Å². The molecule has 1 heterocycles. The van der Waals surface area contributed by atoms with Gasteiger partial charge in [-0.1, -0.05) is 35.9 Å².